The fourth-order valence-electron chi connectivity index (χ4n) is 0.711. The molecule has 1 radical (unpaired) electrons. The van der Waals surface area contributed by atoms with Gasteiger partial charge in [-0.05, 0) is 12.3 Å². The second kappa shape index (κ2) is 9.91. The standard InChI is InChI=1S/C6H11Br2NO2.BH2O2/c1-4(2)3-5(6(10)11)9(7)8;2-1-3/h4-5H,3H2,1-2H3,(H,10,11);2-3H/t5-;/m0./s1. The number of carboxylic acids is 1. The van der Waals surface area contributed by atoms with E-state index < -0.39 is 12.0 Å². The molecule has 8 heteroatoms. The summed E-state index contributed by atoms with van der Waals surface area (Å²) in [6.45, 7) is 3.97. The number of nitrogens with zero attached hydrogens (tertiary/aromatic N) is 1. The molecule has 0 aromatic heterocycles. The van der Waals surface area contributed by atoms with E-state index >= 15 is 0 Å². The molecular formula is C6H13BBr2NO4. The number of carboxylic acid groups (broad SMARTS) is 1. The van der Waals surface area contributed by atoms with E-state index in [-0.39, 0.29) is 7.69 Å². The van der Waals surface area contributed by atoms with Crippen LogP contribution in [0.1, 0.15) is 20.3 Å². The fourth-order valence-corrected chi connectivity index (χ4v) is 1.40. The number of hydrogen-bond donors (Lipinski definition) is 3. The number of aliphatic carboxylic acids is 1. The van der Waals surface area contributed by atoms with Crippen molar-refractivity contribution >= 4 is 45.9 Å². The first kappa shape index (κ1) is 16.8. The molecule has 0 rings (SSSR count). The Balaban J connectivity index is 0. The van der Waals surface area contributed by atoms with E-state index in [4.69, 9.17) is 15.2 Å². The van der Waals surface area contributed by atoms with Gasteiger partial charge in [0.1, 0.15) is 6.04 Å². The smallest absolute Gasteiger partial charge is 0.480 e. The highest BCUT2D eigenvalue weighted by Crippen LogP contribution is 2.18. The molecule has 0 heterocycles. The molecule has 83 valence electrons. The minimum atomic E-state index is -0.826. The van der Waals surface area contributed by atoms with Gasteiger partial charge in [-0.3, -0.25) is 4.79 Å². The second-order valence-corrected chi connectivity index (χ2v) is 5.34. The van der Waals surface area contributed by atoms with Crippen LogP contribution in [0.3, 0.4) is 0 Å². The molecule has 14 heavy (non-hydrogen) atoms. The summed E-state index contributed by atoms with van der Waals surface area (Å²) < 4.78 is 1.36. The van der Waals surface area contributed by atoms with Crippen LogP contribution in [0, 0.1) is 5.92 Å². The predicted octanol–water partition coefficient (Wildman–Crippen LogP) is 0.913. The van der Waals surface area contributed by atoms with E-state index in [9.17, 15) is 4.79 Å². The summed E-state index contributed by atoms with van der Waals surface area (Å²) >= 11 is 6.08. The van der Waals surface area contributed by atoms with Gasteiger partial charge in [0.25, 0.3) is 0 Å². The minimum absolute atomic E-state index is 0. The zero-order valence-electron chi connectivity index (χ0n) is 7.89. The number of hydrogen-bond acceptors (Lipinski definition) is 4. The summed E-state index contributed by atoms with van der Waals surface area (Å²) in [5, 5.41) is 22.7. The number of carbonyl (C=O) groups is 1. The van der Waals surface area contributed by atoms with Crippen molar-refractivity contribution < 1.29 is 19.9 Å². The Morgan fingerprint density at radius 1 is 1.43 bits per heavy atom. The molecule has 0 fully saturated rings. The molecule has 0 saturated carbocycles. The van der Waals surface area contributed by atoms with Gasteiger partial charge in [0.05, 0.1) is 0 Å². The number of rotatable bonds is 4. The summed E-state index contributed by atoms with van der Waals surface area (Å²) in [4.78, 5) is 10.6. The SMILES string of the molecule is CC(C)C[C@@H](C(=O)O)N(Br)Br.O[B]O. The summed E-state index contributed by atoms with van der Waals surface area (Å²) in [6.07, 6.45) is 0.617. The number of halogens is 2. The zero-order valence-corrected chi connectivity index (χ0v) is 11.1. The van der Waals surface area contributed by atoms with Gasteiger partial charge < -0.3 is 15.2 Å². The van der Waals surface area contributed by atoms with Crippen molar-refractivity contribution in [1.82, 2.24) is 2.95 Å². The predicted molar refractivity (Wildman–Crippen MR) is 60.8 cm³/mol. The van der Waals surface area contributed by atoms with E-state index in [2.05, 4.69) is 32.3 Å². The van der Waals surface area contributed by atoms with Crippen molar-refractivity contribution in [1.29, 1.82) is 0 Å². The highest BCUT2D eigenvalue weighted by molar-refractivity contribution is 9.21. The molecule has 0 amide bonds. The largest absolute Gasteiger partial charge is 0.482 e. The molecular weight excluding hydrogens is 321 g/mol. The highest BCUT2D eigenvalue weighted by atomic mass is 79.9. The molecule has 0 aliphatic rings. The van der Waals surface area contributed by atoms with Crippen molar-refractivity contribution in [2.45, 2.75) is 26.3 Å². The first-order chi connectivity index (χ1) is 6.36. The van der Waals surface area contributed by atoms with Gasteiger partial charge in [-0.2, -0.15) is 2.95 Å². The minimum Gasteiger partial charge on any atom is -0.480 e. The van der Waals surface area contributed by atoms with Crippen molar-refractivity contribution in [3.05, 3.63) is 0 Å². The third kappa shape index (κ3) is 10.5. The zero-order chi connectivity index (χ0) is 11.7. The summed E-state index contributed by atoms with van der Waals surface area (Å²) in [7, 11) is 0. The molecule has 0 aliphatic carbocycles. The van der Waals surface area contributed by atoms with Crippen LogP contribution >= 0.6 is 32.3 Å². The van der Waals surface area contributed by atoms with Crippen LogP contribution in [-0.2, 0) is 4.79 Å². The topological polar surface area (TPSA) is 81.0 Å². The maximum atomic E-state index is 10.6. The first-order valence-electron chi connectivity index (χ1n) is 3.80. The molecule has 0 bridgehead atoms. The quantitative estimate of drug-likeness (QED) is 0.526. The van der Waals surface area contributed by atoms with Gasteiger partial charge in [-0.25, -0.2) is 0 Å². The van der Waals surface area contributed by atoms with Gasteiger partial charge in [0.2, 0.25) is 0 Å². The molecule has 0 saturated heterocycles. The van der Waals surface area contributed by atoms with Gasteiger partial charge in [-0.1, -0.05) is 13.8 Å². The average Bonchev–Trinajstić information content (AvgIpc) is 2.00. The Morgan fingerprint density at radius 2 is 1.79 bits per heavy atom. The van der Waals surface area contributed by atoms with Crippen molar-refractivity contribution in [3.8, 4) is 0 Å². The second-order valence-electron chi connectivity index (χ2n) is 2.86. The summed E-state index contributed by atoms with van der Waals surface area (Å²) in [6, 6.07) is -0.505. The lowest BCUT2D eigenvalue weighted by Crippen LogP contribution is -2.29. The lowest BCUT2D eigenvalue weighted by molar-refractivity contribution is -0.140. The van der Waals surface area contributed by atoms with Crippen LogP contribution in [0.25, 0.3) is 0 Å². The fraction of sp³-hybridized carbons (Fsp3) is 0.833. The highest BCUT2D eigenvalue weighted by Gasteiger charge is 2.23. The Labute approximate surface area is 101 Å². The van der Waals surface area contributed by atoms with Gasteiger partial charge in [-0.15, -0.1) is 0 Å². The lowest BCUT2D eigenvalue weighted by Gasteiger charge is -2.17. The summed E-state index contributed by atoms with van der Waals surface area (Å²) in [5.41, 5.74) is 0. The molecule has 0 spiro atoms. The van der Waals surface area contributed by atoms with E-state index in [1.807, 2.05) is 13.8 Å². The maximum Gasteiger partial charge on any atom is 0.482 e. The van der Waals surface area contributed by atoms with Crippen LogP contribution in [-0.4, -0.2) is 37.8 Å². The molecule has 0 aromatic rings. The Kier molecular flexibility index (Phi) is 11.9. The molecule has 0 unspecified atom stereocenters. The van der Waals surface area contributed by atoms with Gasteiger partial charge >= 0.3 is 13.7 Å². The Bertz CT molecular complexity index is 159. The summed E-state index contributed by atoms with van der Waals surface area (Å²) in [5.74, 6) is -0.457. The van der Waals surface area contributed by atoms with Crippen molar-refractivity contribution in [2.24, 2.45) is 5.92 Å². The molecule has 0 aliphatic heterocycles. The van der Waals surface area contributed by atoms with E-state index in [0.29, 0.717) is 12.3 Å². The van der Waals surface area contributed by atoms with Crippen molar-refractivity contribution in [3.63, 3.8) is 0 Å². The van der Waals surface area contributed by atoms with Crippen LogP contribution in [0.15, 0.2) is 0 Å². The third-order valence-electron chi connectivity index (χ3n) is 1.22. The van der Waals surface area contributed by atoms with Gasteiger partial charge in [0, 0.05) is 32.3 Å². The average molecular weight is 334 g/mol. The van der Waals surface area contributed by atoms with Gasteiger partial charge in [0.15, 0.2) is 0 Å². The first-order valence-corrected chi connectivity index (χ1v) is 5.22. The molecule has 3 N–H and O–H groups in total. The van der Waals surface area contributed by atoms with E-state index in [1.165, 1.54) is 2.95 Å². The molecule has 1 atom stereocenters. The van der Waals surface area contributed by atoms with Crippen molar-refractivity contribution in [2.75, 3.05) is 0 Å². The van der Waals surface area contributed by atoms with E-state index in [0.717, 1.165) is 0 Å². The Hall–Kier alpha value is 0.375. The van der Waals surface area contributed by atoms with Crippen LogP contribution in [0.4, 0.5) is 0 Å². The lowest BCUT2D eigenvalue weighted by atomic mass is 10.1. The van der Waals surface area contributed by atoms with Crippen LogP contribution < -0.4 is 0 Å². The molecule has 5 nitrogen and oxygen atoms in total. The molecule has 0 aromatic carbocycles. The third-order valence-corrected chi connectivity index (χ3v) is 2.20. The maximum absolute atomic E-state index is 10.6. The van der Waals surface area contributed by atoms with Crippen LogP contribution in [0.2, 0.25) is 0 Å². The van der Waals surface area contributed by atoms with E-state index in [1.54, 1.807) is 0 Å². The monoisotopic (exact) mass is 332 g/mol. The van der Waals surface area contributed by atoms with Crippen LogP contribution in [0.5, 0.6) is 0 Å². The normalized spacial score (nSPS) is 12.0. The Morgan fingerprint density at radius 3 is 1.86 bits per heavy atom.